The van der Waals surface area contributed by atoms with Gasteiger partial charge in [-0.2, -0.15) is 0 Å². The van der Waals surface area contributed by atoms with E-state index in [0.29, 0.717) is 17.2 Å². The maximum atomic E-state index is 12.2. The first kappa shape index (κ1) is 15.8. The molecule has 21 heavy (non-hydrogen) atoms. The van der Waals surface area contributed by atoms with Gasteiger partial charge in [-0.05, 0) is 57.0 Å². The van der Waals surface area contributed by atoms with Crippen LogP contribution in [0.5, 0.6) is 0 Å². The molecule has 1 aliphatic rings. The number of hydrogen-bond donors (Lipinski definition) is 2. The largest absolute Gasteiger partial charge is 0.457 e. The van der Waals surface area contributed by atoms with Gasteiger partial charge in [0.15, 0.2) is 0 Å². The zero-order valence-electron chi connectivity index (χ0n) is 13.0. The molecule has 2 rings (SSSR count). The SMILES string of the molecule is CN[C@H](C1CCCCC1)[C@@H](C)OC(=O)c1ccc(N)cc1. The molecule has 1 saturated carbocycles. The average molecular weight is 290 g/mol. The third-order valence-electron chi connectivity index (χ3n) is 4.44. The number of nitrogens with one attached hydrogen (secondary N) is 1. The van der Waals surface area contributed by atoms with Crippen LogP contribution < -0.4 is 11.1 Å². The van der Waals surface area contributed by atoms with Crippen molar-refractivity contribution in [1.82, 2.24) is 5.32 Å². The highest BCUT2D eigenvalue weighted by Gasteiger charge is 2.29. The van der Waals surface area contributed by atoms with E-state index < -0.39 is 0 Å². The second-order valence-electron chi connectivity index (χ2n) is 5.94. The van der Waals surface area contributed by atoms with E-state index in [1.54, 1.807) is 24.3 Å². The van der Waals surface area contributed by atoms with Gasteiger partial charge in [-0.15, -0.1) is 0 Å². The van der Waals surface area contributed by atoms with Gasteiger partial charge in [0.2, 0.25) is 0 Å². The quantitative estimate of drug-likeness (QED) is 0.646. The van der Waals surface area contributed by atoms with Crippen LogP contribution in [-0.4, -0.2) is 25.2 Å². The van der Waals surface area contributed by atoms with Gasteiger partial charge in [0, 0.05) is 11.7 Å². The molecule has 0 aromatic heterocycles. The third kappa shape index (κ3) is 4.21. The highest BCUT2D eigenvalue weighted by atomic mass is 16.5. The van der Waals surface area contributed by atoms with Gasteiger partial charge in [-0.3, -0.25) is 0 Å². The lowest BCUT2D eigenvalue weighted by atomic mass is 9.82. The normalized spacial score (nSPS) is 19.0. The number of ether oxygens (including phenoxy) is 1. The van der Waals surface area contributed by atoms with E-state index in [0.717, 1.165) is 0 Å². The minimum atomic E-state index is -0.279. The van der Waals surface area contributed by atoms with E-state index in [2.05, 4.69) is 5.32 Å². The van der Waals surface area contributed by atoms with Gasteiger partial charge >= 0.3 is 5.97 Å². The number of likely N-dealkylation sites (N-methyl/N-ethyl adjacent to an activating group) is 1. The first-order valence-electron chi connectivity index (χ1n) is 7.85. The predicted molar refractivity (Wildman–Crippen MR) is 85.2 cm³/mol. The van der Waals surface area contributed by atoms with Gasteiger partial charge in [0.05, 0.1) is 5.56 Å². The molecule has 4 nitrogen and oxygen atoms in total. The Bertz CT molecular complexity index is 452. The van der Waals surface area contributed by atoms with Crippen LogP contribution in [0.1, 0.15) is 49.4 Å². The molecule has 1 aromatic carbocycles. The van der Waals surface area contributed by atoms with Gasteiger partial charge < -0.3 is 15.8 Å². The third-order valence-corrected chi connectivity index (χ3v) is 4.44. The molecule has 0 radical (unpaired) electrons. The zero-order chi connectivity index (χ0) is 15.2. The summed E-state index contributed by atoms with van der Waals surface area (Å²) in [6, 6.07) is 7.08. The number of benzene rings is 1. The Morgan fingerprint density at radius 3 is 2.43 bits per heavy atom. The molecule has 3 N–H and O–H groups in total. The van der Waals surface area contributed by atoms with Crippen molar-refractivity contribution in [3.8, 4) is 0 Å². The lowest BCUT2D eigenvalue weighted by molar-refractivity contribution is 0.0170. The number of anilines is 1. The van der Waals surface area contributed by atoms with E-state index in [1.807, 2.05) is 14.0 Å². The summed E-state index contributed by atoms with van der Waals surface area (Å²) in [5.41, 5.74) is 6.83. The van der Waals surface area contributed by atoms with Crippen molar-refractivity contribution in [3.05, 3.63) is 29.8 Å². The predicted octanol–water partition coefficient (Wildman–Crippen LogP) is 2.98. The van der Waals surface area contributed by atoms with Gasteiger partial charge in [0.25, 0.3) is 0 Å². The highest BCUT2D eigenvalue weighted by molar-refractivity contribution is 5.89. The topological polar surface area (TPSA) is 64.3 Å². The molecule has 0 heterocycles. The monoisotopic (exact) mass is 290 g/mol. The van der Waals surface area contributed by atoms with E-state index >= 15 is 0 Å². The van der Waals surface area contributed by atoms with Crippen LogP contribution in [0, 0.1) is 5.92 Å². The van der Waals surface area contributed by atoms with Crippen LogP contribution in [-0.2, 0) is 4.74 Å². The second-order valence-corrected chi connectivity index (χ2v) is 5.94. The van der Waals surface area contributed by atoms with Crippen molar-refractivity contribution in [3.63, 3.8) is 0 Å². The fourth-order valence-electron chi connectivity index (χ4n) is 3.28. The molecule has 0 aliphatic heterocycles. The highest BCUT2D eigenvalue weighted by Crippen LogP contribution is 2.28. The van der Waals surface area contributed by atoms with Crippen molar-refractivity contribution < 1.29 is 9.53 Å². The van der Waals surface area contributed by atoms with Crippen molar-refractivity contribution in [2.75, 3.05) is 12.8 Å². The molecule has 1 aliphatic carbocycles. The Labute approximate surface area is 127 Å². The standard InChI is InChI=1S/C17H26N2O2/c1-12(16(19-2)13-6-4-3-5-7-13)21-17(20)14-8-10-15(18)11-9-14/h8-13,16,19H,3-7,18H2,1-2H3/t12-,16+/m1/s1. The molecule has 116 valence electrons. The maximum absolute atomic E-state index is 12.2. The van der Waals surface area contributed by atoms with Crippen molar-refractivity contribution in [2.45, 2.75) is 51.2 Å². The molecular weight excluding hydrogens is 264 g/mol. The van der Waals surface area contributed by atoms with Gasteiger partial charge in [0.1, 0.15) is 6.10 Å². The summed E-state index contributed by atoms with van der Waals surface area (Å²) < 4.78 is 5.64. The lowest BCUT2D eigenvalue weighted by Crippen LogP contribution is -2.45. The number of nitrogen functional groups attached to an aromatic ring is 1. The van der Waals surface area contributed by atoms with Gasteiger partial charge in [-0.25, -0.2) is 4.79 Å². The van der Waals surface area contributed by atoms with Crippen LogP contribution in [0.3, 0.4) is 0 Å². The minimum Gasteiger partial charge on any atom is -0.457 e. The first-order chi connectivity index (χ1) is 10.1. The average Bonchev–Trinajstić information content (AvgIpc) is 2.49. The van der Waals surface area contributed by atoms with E-state index in [9.17, 15) is 4.79 Å². The van der Waals surface area contributed by atoms with Crippen LogP contribution in [0.2, 0.25) is 0 Å². The molecular formula is C17H26N2O2. The minimum absolute atomic E-state index is 0.136. The summed E-state index contributed by atoms with van der Waals surface area (Å²) in [5.74, 6) is 0.316. The smallest absolute Gasteiger partial charge is 0.338 e. The number of nitrogens with two attached hydrogens (primary N) is 1. The number of carbonyl (C=O) groups excluding carboxylic acids is 1. The molecule has 2 atom stereocenters. The fraction of sp³-hybridized carbons (Fsp3) is 0.588. The second kappa shape index (κ2) is 7.46. The summed E-state index contributed by atoms with van der Waals surface area (Å²) in [4.78, 5) is 12.2. The Balaban J connectivity index is 1.96. The summed E-state index contributed by atoms with van der Waals surface area (Å²) in [5, 5.41) is 3.34. The van der Waals surface area contributed by atoms with E-state index in [4.69, 9.17) is 10.5 Å². The molecule has 0 amide bonds. The van der Waals surface area contributed by atoms with Gasteiger partial charge in [-0.1, -0.05) is 19.3 Å². The Morgan fingerprint density at radius 2 is 1.86 bits per heavy atom. The van der Waals surface area contributed by atoms with Crippen LogP contribution in [0.15, 0.2) is 24.3 Å². The molecule has 1 aromatic rings. The lowest BCUT2D eigenvalue weighted by Gasteiger charge is -2.33. The number of rotatable bonds is 5. The zero-order valence-corrected chi connectivity index (χ0v) is 13.0. The van der Waals surface area contributed by atoms with Crippen molar-refractivity contribution in [1.29, 1.82) is 0 Å². The van der Waals surface area contributed by atoms with E-state index in [1.165, 1.54) is 32.1 Å². The first-order valence-corrected chi connectivity index (χ1v) is 7.85. The molecule has 0 saturated heterocycles. The number of hydrogen-bond acceptors (Lipinski definition) is 4. The van der Waals surface area contributed by atoms with Crippen molar-refractivity contribution >= 4 is 11.7 Å². The molecule has 0 unspecified atom stereocenters. The number of esters is 1. The summed E-state index contributed by atoms with van der Waals surface area (Å²) >= 11 is 0. The Hall–Kier alpha value is -1.55. The molecule has 1 fully saturated rings. The van der Waals surface area contributed by atoms with Crippen molar-refractivity contribution in [2.24, 2.45) is 5.92 Å². The molecule has 0 bridgehead atoms. The summed E-state index contributed by atoms with van der Waals surface area (Å²) in [6.45, 7) is 1.98. The van der Waals surface area contributed by atoms with Crippen LogP contribution >= 0.6 is 0 Å². The maximum Gasteiger partial charge on any atom is 0.338 e. The molecule has 0 spiro atoms. The molecule has 4 heteroatoms. The summed E-state index contributed by atoms with van der Waals surface area (Å²) in [7, 11) is 1.95. The Kier molecular flexibility index (Phi) is 5.62. The van der Waals surface area contributed by atoms with Crippen LogP contribution in [0.25, 0.3) is 0 Å². The summed E-state index contributed by atoms with van der Waals surface area (Å²) in [6.07, 6.45) is 6.18. The Morgan fingerprint density at radius 1 is 1.24 bits per heavy atom. The number of carbonyl (C=O) groups is 1. The van der Waals surface area contributed by atoms with Crippen LogP contribution in [0.4, 0.5) is 5.69 Å². The fourth-order valence-corrected chi connectivity index (χ4v) is 3.28. The van der Waals surface area contributed by atoms with E-state index in [-0.39, 0.29) is 18.1 Å².